The lowest BCUT2D eigenvalue weighted by molar-refractivity contribution is 0.0924. The molecular weight excluding hydrogens is 375 g/mol. The van der Waals surface area contributed by atoms with Gasteiger partial charge in [0.25, 0.3) is 5.91 Å². The van der Waals surface area contributed by atoms with Crippen LogP contribution in [0.5, 0.6) is 0 Å². The Balaban J connectivity index is 0.00000133. The fraction of sp³-hybridized carbons (Fsp3) is 0.500. The van der Waals surface area contributed by atoms with E-state index >= 15 is 0 Å². The summed E-state index contributed by atoms with van der Waals surface area (Å²) in [5.74, 6) is 0.0693. The van der Waals surface area contributed by atoms with E-state index < -0.39 is 0 Å². The quantitative estimate of drug-likeness (QED) is 0.760. The Morgan fingerprint density at radius 2 is 1.95 bits per heavy atom. The van der Waals surface area contributed by atoms with Crippen LogP contribution in [0.2, 0.25) is 0 Å². The molecule has 2 aliphatic heterocycles. The molecular formula is C14H18ClIN2O. The molecule has 1 amide bonds. The second-order valence-corrected chi connectivity index (χ2v) is 6.54. The summed E-state index contributed by atoms with van der Waals surface area (Å²) in [5.41, 5.74) is 0.771. The summed E-state index contributed by atoms with van der Waals surface area (Å²) in [6.07, 6.45) is 4.68. The third kappa shape index (κ3) is 3.61. The number of carbonyl (C=O) groups excluding carboxylic acids is 1. The van der Waals surface area contributed by atoms with Crippen molar-refractivity contribution in [2.24, 2.45) is 0 Å². The molecule has 0 radical (unpaired) electrons. The van der Waals surface area contributed by atoms with Crippen LogP contribution in [-0.4, -0.2) is 24.0 Å². The van der Waals surface area contributed by atoms with Gasteiger partial charge in [0.2, 0.25) is 0 Å². The summed E-state index contributed by atoms with van der Waals surface area (Å²) in [5, 5.41) is 6.77. The first kappa shape index (κ1) is 15.1. The minimum absolute atomic E-state index is 0. The van der Waals surface area contributed by atoms with E-state index in [-0.39, 0.29) is 18.3 Å². The van der Waals surface area contributed by atoms with Crippen LogP contribution in [-0.2, 0) is 0 Å². The first-order valence-electron chi connectivity index (χ1n) is 6.53. The van der Waals surface area contributed by atoms with Crippen LogP contribution >= 0.6 is 35.0 Å². The van der Waals surface area contributed by atoms with E-state index in [1.165, 1.54) is 12.8 Å². The molecule has 2 bridgehead atoms. The maximum Gasteiger partial charge on any atom is 0.251 e. The maximum absolute atomic E-state index is 12.2. The third-order valence-corrected chi connectivity index (χ3v) is 4.57. The molecule has 3 nitrogen and oxygen atoms in total. The lowest BCUT2D eigenvalue weighted by Gasteiger charge is -2.29. The van der Waals surface area contributed by atoms with Crippen molar-refractivity contribution in [1.82, 2.24) is 10.6 Å². The predicted molar refractivity (Wildman–Crippen MR) is 86.8 cm³/mol. The second-order valence-electron chi connectivity index (χ2n) is 5.29. The Labute approximate surface area is 133 Å². The third-order valence-electron chi connectivity index (χ3n) is 3.90. The van der Waals surface area contributed by atoms with Gasteiger partial charge in [-0.1, -0.05) is 6.07 Å². The number of piperidine rings is 1. The van der Waals surface area contributed by atoms with Gasteiger partial charge in [-0.2, -0.15) is 0 Å². The van der Waals surface area contributed by atoms with Crippen LogP contribution in [0.25, 0.3) is 0 Å². The van der Waals surface area contributed by atoms with E-state index in [2.05, 4.69) is 33.2 Å². The van der Waals surface area contributed by atoms with Gasteiger partial charge in [-0.25, -0.2) is 0 Å². The van der Waals surface area contributed by atoms with E-state index in [9.17, 15) is 4.79 Å². The normalized spacial score (nSPS) is 28.6. The topological polar surface area (TPSA) is 41.1 Å². The summed E-state index contributed by atoms with van der Waals surface area (Å²) >= 11 is 2.24. The van der Waals surface area contributed by atoms with Crippen molar-refractivity contribution in [2.45, 2.75) is 43.8 Å². The molecule has 2 atom stereocenters. The smallest absolute Gasteiger partial charge is 0.251 e. The average Bonchev–Trinajstić information content (AvgIpc) is 2.69. The number of carbonyl (C=O) groups is 1. The Kier molecular flexibility index (Phi) is 5.09. The van der Waals surface area contributed by atoms with E-state index in [4.69, 9.17) is 0 Å². The first-order chi connectivity index (χ1) is 8.70. The molecule has 0 saturated carbocycles. The Hall–Kier alpha value is -0.330. The van der Waals surface area contributed by atoms with Gasteiger partial charge in [-0.15, -0.1) is 12.4 Å². The predicted octanol–water partition coefficient (Wildman–Crippen LogP) is 2.73. The summed E-state index contributed by atoms with van der Waals surface area (Å²) in [7, 11) is 0. The maximum atomic E-state index is 12.2. The summed E-state index contributed by atoms with van der Waals surface area (Å²) in [4.78, 5) is 12.2. The van der Waals surface area contributed by atoms with Crippen molar-refractivity contribution >= 4 is 40.9 Å². The van der Waals surface area contributed by atoms with E-state index in [1.807, 2.05) is 24.3 Å². The van der Waals surface area contributed by atoms with Gasteiger partial charge in [0.05, 0.1) is 0 Å². The van der Waals surface area contributed by atoms with Crippen LogP contribution in [0.15, 0.2) is 24.3 Å². The zero-order chi connectivity index (χ0) is 12.5. The number of nitrogens with one attached hydrogen (secondary N) is 2. The van der Waals surface area contributed by atoms with Gasteiger partial charge in [-0.05, 0) is 66.5 Å². The molecule has 2 aliphatic rings. The van der Waals surface area contributed by atoms with Crippen molar-refractivity contribution in [2.75, 3.05) is 0 Å². The summed E-state index contributed by atoms with van der Waals surface area (Å²) in [6.45, 7) is 0. The molecule has 2 N–H and O–H groups in total. The van der Waals surface area contributed by atoms with Crippen molar-refractivity contribution in [3.8, 4) is 0 Å². The highest BCUT2D eigenvalue weighted by Gasteiger charge is 2.33. The minimum Gasteiger partial charge on any atom is -0.349 e. The molecule has 2 fully saturated rings. The monoisotopic (exact) mass is 392 g/mol. The zero-order valence-corrected chi connectivity index (χ0v) is 13.5. The van der Waals surface area contributed by atoms with Crippen LogP contribution in [0.3, 0.4) is 0 Å². The van der Waals surface area contributed by atoms with Crippen LogP contribution in [0.4, 0.5) is 0 Å². The molecule has 5 heteroatoms. The molecule has 0 aromatic heterocycles. The number of hydrogen-bond acceptors (Lipinski definition) is 2. The van der Waals surface area contributed by atoms with Gasteiger partial charge in [0.1, 0.15) is 0 Å². The largest absolute Gasteiger partial charge is 0.349 e. The standard InChI is InChI=1S/C14H17IN2O.ClH/c15-10-3-1-2-9(6-10)14(18)17-13-7-11-4-5-12(8-13)16-11;/h1-3,6,11-13,16H,4-5,7-8H2,(H,17,18);1H. The van der Waals surface area contributed by atoms with Crippen molar-refractivity contribution in [3.63, 3.8) is 0 Å². The first-order valence-corrected chi connectivity index (χ1v) is 7.61. The number of fused-ring (bicyclic) bond motifs is 2. The average molecular weight is 393 g/mol. The molecule has 0 spiro atoms. The highest BCUT2D eigenvalue weighted by atomic mass is 127. The highest BCUT2D eigenvalue weighted by molar-refractivity contribution is 14.1. The molecule has 2 unspecified atom stereocenters. The second kappa shape index (κ2) is 6.41. The number of hydrogen-bond donors (Lipinski definition) is 2. The lowest BCUT2D eigenvalue weighted by Crippen LogP contribution is -2.48. The molecule has 2 saturated heterocycles. The molecule has 0 aliphatic carbocycles. The molecule has 104 valence electrons. The van der Waals surface area contributed by atoms with E-state index in [0.717, 1.165) is 22.0 Å². The Morgan fingerprint density at radius 1 is 1.26 bits per heavy atom. The molecule has 19 heavy (non-hydrogen) atoms. The van der Waals surface area contributed by atoms with Gasteiger partial charge in [0.15, 0.2) is 0 Å². The Morgan fingerprint density at radius 3 is 2.58 bits per heavy atom. The lowest BCUT2D eigenvalue weighted by atomic mass is 9.99. The summed E-state index contributed by atoms with van der Waals surface area (Å²) in [6, 6.07) is 9.33. The number of halogens is 2. The molecule has 2 heterocycles. The van der Waals surface area contributed by atoms with Crippen LogP contribution in [0.1, 0.15) is 36.0 Å². The van der Waals surface area contributed by atoms with Crippen LogP contribution < -0.4 is 10.6 Å². The fourth-order valence-corrected chi connectivity index (χ4v) is 3.62. The fourth-order valence-electron chi connectivity index (χ4n) is 3.07. The zero-order valence-electron chi connectivity index (χ0n) is 10.6. The number of amides is 1. The van der Waals surface area contributed by atoms with E-state index in [1.54, 1.807) is 0 Å². The van der Waals surface area contributed by atoms with Crippen LogP contribution in [0, 0.1) is 3.57 Å². The van der Waals surface area contributed by atoms with Crippen molar-refractivity contribution in [1.29, 1.82) is 0 Å². The van der Waals surface area contributed by atoms with E-state index in [0.29, 0.717) is 18.1 Å². The molecule has 1 aromatic rings. The number of benzene rings is 1. The van der Waals surface area contributed by atoms with Gasteiger partial charge in [-0.3, -0.25) is 4.79 Å². The van der Waals surface area contributed by atoms with Crippen molar-refractivity contribution in [3.05, 3.63) is 33.4 Å². The SMILES string of the molecule is Cl.O=C(NC1CC2CCC(C1)N2)c1cccc(I)c1. The minimum atomic E-state index is 0. The number of rotatable bonds is 2. The summed E-state index contributed by atoms with van der Waals surface area (Å²) < 4.78 is 1.10. The highest BCUT2D eigenvalue weighted by Crippen LogP contribution is 2.26. The van der Waals surface area contributed by atoms with Gasteiger partial charge in [0, 0.05) is 27.3 Å². The molecule has 3 rings (SSSR count). The molecule has 1 aromatic carbocycles. The van der Waals surface area contributed by atoms with Gasteiger partial charge < -0.3 is 10.6 Å². The van der Waals surface area contributed by atoms with Crippen molar-refractivity contribution < 1.29 is 4.79 Å². The Bertz CT molecular complexity index is 457. The van der Waals surface area contributed by atoms with Gasteiger partial charge >= 0.3 is 0 Å².